The molecule has 4 amide bonds. The number of Topliss-reactive ketones (excluding diaryl/α,β-unsaturated/α-hetero) is 1. The number of thiol groups is 2. The summed E-state index contributed by atoms with van der Waals surface area (Å²) in [5.41, 5.74) is 0. The van der Waals surface area contributed by atoms with Gasteiger partial charge in [0.15, 0.2) is 5.78 Å². The monoisotopic (exact) mass is 513 g/mol. The molecule has 0 aliphatic carbocycles. The zero-order chi connectivity index (χ0) is 26.7. The summed E-state index contributed by atoms with van der Waals surface area (Å²) in [6, 6.07) is -1.08. The number of nitrogens with one attached hydrogen (secondary N) is 5. The molecule has 0 spiro atoms. The van der Waals surface area contributed by atoms with Gasteiger partial charge in [-0.05, 0) is 32.9 Å². The van der Waals surface area contributed by atoms with Gasteiger partial charge in [-0.2, -0.15) is 25.3 Å². The van der Waals surface area contributed by atoms with Gasteiger partial charge in [-0.15, -0.1) is 0 Å². The Labute approximate surface area is 206 Å². The molecule has 194 valence electrons. The molecule has 0 aliphatic heterocycles. The maximum Gasteiger partial charge on any atom is 0.303 e. The molecule has 0 bridgehead atoms. The third kappa shape index (κ3) is 29.7. The SMILES string of the molecule is CCC(=O)CNC(=O)C(CCC(=O)O)NC(=O)CNC=O.CCNC(=O)CNC.CS.CS. The molecule has 0 rings (SSSR count). The molecule has 1 unspecified atom stereocenters. The highest BCUT2D eigenvalue weighted by Crippen LogP contribution is 1.98. The van der Waals surface area contributed by atoms with E-state index in [-0.39, 0.29) is 44.0 Å². The van der Waals surface area contributed by atoms with Crippen molar-refractivity contribution >= 4 is 61.1 Å². The Hall–Kier alpha value is -2.32. The van der Waals surface area contributed by atoms with Crippen LogP contribution in [0.25, 0.3) is 0 Å². The van der Waals surface area contributed by atoms with Crippen molar-refractivity contribution in [1.29, 1.82) is 0 Å². The van der Waals surface area contributed by atoms with Crippen LogP contribution < -0.4 is 26.6 Å². The second kappa shape index (κ2) is 29.7. The highest BCUT2D eigenvalue weighted by molar-refractivity contribution is 7.79. The van der Waals surface area contributed by atoms with Crippen molar-refractivity contribution in [2.75, 3.05) is 45.7 Å². The summed E-state index contributed by atoms with van der Waals surface area (Å²) < 4.78 is 0. The molecule has 12 nitrogen and oxygen atoms in total. The topological polar surface area (TPSA) is 183 Å². The average Bonchev–Trinajstić information content (AvgIpc) is 2.81. The number of ketones is 1. The number of likely N-dealkylation sites (N-methyl/N-ethyl adjacent to an activating group) is 2. The third-order valence-electron chi connectivity index (χ3n) is 3.21. The predicted octanol–water partition coefficient (Wildman–Crippen LogP) is -1.39. The van der Waals surface area contributed by atoms with Crippen LogP contribution in [0.1, 0.15) is 33.1 Å². The van der Waals surface area contributed by atoms with Crippen molar-refractivity contribution in [1.82, 2.24) is 26.6 Å². The number of aliphatic carboxylic acids is 1. The van der Waals surface area contributed by atoms with Crippen molar-refractivity contribution in [3.05, 3.63) is 0 Å². The van der Waals surface area contributed by atoms with Gasteiger partial charge in [0.2, 0.25) is 24.1 Å². The molecule has 14 heteroatoms. The second-order valence-electron chi connectivity index (χ2n) is 5.65. The normalized spacial score (nSPS) is 9.55. The Morgan fingerprint density at radius 2 is 1.48 bits per heavy atom. The molecule has 0 radical (unpaired) electrons. The van der Waals surface area contributed by atoms with E-state index in [9.17, 15) is 28.8 Å². The van der Waals surface area contributed by atoms with E-state index >= 15 is 0 Å². The minimum atomic E-state index is -1.11. The first kappa shape index (κ1) is 38.0. The van der Waals surface area contributed by atoms with Gasteiger partial charge in [-0.25, -0.2) is 0 Å². The van der Waals surface area contributed by atoms with E-state index in [1.807, 2.05) is 6.92 Å². The standard InChI is InChI=1S/C12H19N3O6.C5H12N2O.2CH4S/c1-2-8(17)5-14-12(21)9(3-4-11(19)20)15-10(18)6-13-7-16;1-3-7-5(8)4-6-2;2*1-2/h7,9H,2-6H2,1H3,(H,13,16)(H,14,21)(H,15,18)(H,19,20);6H,3-4H2,1-2H3,(H,7,8);2*2H,1H3. The van der Waals surface area contributed by atoms with Crippen LogP contribution in [-0.4, -0.2) is 92.8 Å². The summed E-state index contributed by atoms with van der Waals surface area (Å²) in [4.78, 5) is 65.5. The predicted molar refractivity (Wildman–Crippen MR) is 134 cm³/mol. The molecule has 0 fully saturated rings. The van der Waals surface area contributed by atoms with Crippen molar-refractivity contribution in [2.24, 2.45) is 0 Å². The van der Waals surface area contributed by atoms with Gasteiger partial charge < -0.3 is 31.7 Å². The Morgan fingerprint density at radius 3 is 1.91 bits per heavy atom. The van der Waals surface area contributed by atoms with Crippen LogP contribution in [-0.2, 0) is 28.8 Å². The lowest BCUT2D eigenvalue weighted by molar-refractivity contribution is -0.138. The number of hydrogen-bond donors (Lipinski definition) is 8. The minimum Gasteiger partial charge on any atom is -0.481 e. The fourth-order valence-corrected chi connectivity index (χ4v) is 1.77. The fraction of sp³-hybridized carbons (Fsp3) is 0.684. The van der Waals surface area contributed by atoms with Gasteiger partial charge in [-0.1, -0.05) is 6.92 Å². The largest absolute Gasteiger partial charge is 0.481 e. The van der Waals surface area contributed by atoms with E-state index in [0.29, 0.717) is 19.5 Å². The van der Waals surface area contributed by atoms with Crippen LogP contribution in [0.5, 0.6) is 0 Å². The first-order valence-electron chi connectivity index (χ1n) is 9.99. The lowest BCUT2D eigenvalue weighted by Gasteiger charge is -2.17. The number of rotatable bonds is 14. The average molecular weight is 514 g/mol. The van der Waals surface area contributed by atoms with E-state index in [1.54, 1.807) is 26.5 Å². The summed E-state index contributed by atoms with van der Waals surface area (Å²) in [6.07, 6.45) is 3.54. The van der Waals surface area contributed by atoms with Crippen LogP contribution in [0, 0.1) is 0 Å². The molecule has 0 heterocycles. The van der Waals surface area contributed by atoms with Crippen LogP contribution in [0.4, 0.5) is 0 Å². The maximum atomic E-state index is 11.8. The van der Waals surface area contributed by atoms with Crippen molar-refractivity contribution in [3.63, 3.8) is 0 Å². The van der Waals surface area contributed by atoms with Crippen LogP contribution in [0.2, 0.25) is 0 Å². The van der Waals surface area contributed by atoms with Gasteiger partial charge in [0.05, 0.1) is 19.6 Å². The molecular weight excluding hydrogens is 474 g/mol. The third-order valence-corrected chi connectivity index (χ3v) is 3.21. The summed E-state index contributed by atoms with van der Waals surface area (Å²) in [5, 5.41) is 20.8. The Balaban J connectivity index is -0.000000292. The van der Waals surface area contributed by atoms with E-state index in [4.69, 9.17) is 5.11 Å². The molecule has 6 N–H and O–H groups in total. The van der Waals surface area contributed by atoms with Gasteiger partial charge in [-0.3, -0.25) is 28.8 Å². The molecule has 0 aliphatic rings. The number of amides is 4. The minimum absolute atomic E-state index is 0.0509. The summed E-state index contributed by atoms with van der Waals surface area (Å²) in [6.45, 7) is 4.15. The quantitative estimate of drug-likeness (QED) is 0.103. The van der Waals surface area contributed by atoms with Gasteiger partial charge in [0, 0.05) is 19.4 Å². The summed E-state index contributed by atoms with van der Waals surface area (Å²) in [5.74, 6) is -2.52. The maximum absolute atomic E-state index is 11.8. The number of carboxylic acids is 1. The van der Waals surface area contributed by atoms with Crippen LogP contribution >= 0.6 is 25.3 Å². The van der Waals surface area contributed by atoms with E-state index in [0.717, 1.165) is 0 Å². The number of carbonyl (C=O) groups is 6. The molecule has 0 saturated heterocycles. The van der Waals surface area contributed by atoms with Gasteiger partial charge >= 0.3 is 5.97 Å². The number of carboxylic acid groups (broad SMARTS) is 1. The van der Waals surface area contributed by atoms with Crippen molar-refractivity contribution in [3.8, 4) is 0 Å². The molecule has 33 heavy (non-hydrogen) atoms. The van der Waals surface area contributed by atoms with Crippen LogP contribution in [0.15, 0.2) is 0 Å². The summed E-state index contributed by atoms with van der Waals surface area (Å²) in [7, 11) is 1.75. The first-order valence-corrected chi connectivity index (χ1v) is 11.8. The molecule has 0 aromatic carbocycles. The zero-order valence-corrected chi connectivity index (χ0v) is 21.7. The van der Waals surface area contributed by atoms with E-state index < -0.39 is 23.8 Å². The van der Waals surface area contributed by atoms with Crippen molar-refractivity contribution < 1.29 is 33.9 Å². The molecule has 0 saturated carbocycles. The second-order valence-corrected chi connectivity index (χ2v) is 5.65. The lowest BCUT2D eigenvalue weighted by Crippen LogP contribution is -2.49. The van der Waals surface area contributed by atoms with E-state index in [1.165, 1.54) is 0 Å². The smallest absolute Gasteiger partial charge is 0.303 e. The van der Waals surface area contributed by atoms with Gasteiger partial charge in [0.1, 0.15) is 6.04 Å². The molecule has 0 aromatic rings. The van der Waals surface area contributed by atoms with E-state index in [2.05, 4.69) is 51.8 Å². The fourth-order valence-electron chi connectivity index (χ4n) is 1.77. The highest BCUT2D eigenvalue weighted by Gasteiger charge is 2.21. The van der Waals surface area contributed by atoms with Gasteiger partial charge in [0.25, 0.3) is 0 Å². The molecule has 0 aromatic heterocycles. The Morgan fingerprint density at radius 1 is 0.909 bits per heavy atom. The number of carbonyl (C=O) groups excluding carboxylic acids is 5. The Kier molecular flexibility index (Phi) is 34.1. The summed E-state index contributed by atoms with van der Waals surface area (Å²) >= 11 is 7.06. The molecule has 1 atom stereocenters. The molecular formula is C19H39N5O7S2. The van der Waals surface area contributed by atoms with Crippen LogP contribution in [0.3, 0.4) is 0 Å². The van der Waals surface area contributed by atoms with Crippen molar-refractivity contribution in [2.45, 2.75) is 39.2 Å². The lowest BCUT2D eigenvalue weighted by atomic mass is 10.1. The highest BCUT2D eigenvalue weighted by atomic mass is 32.1. The zero-order valence-electron chi connectivity index (χ0n) is 19.9. The Bertz CT molecular complexity index is 559. The number of hydrogen-bond acceptors (Lipinski definition) is 9. The first-order chi connectivity index (χ1) is 15.7.